The molecular weight excluding hydrogens is 328 g/mol. The number of aliphatic imine (C=N–C) groups is 1. The maximum absolute atomic E-state index is 5.98. The normalized spacial score (nSPS) is 31.4. The first kappa shape index (κ1) is 19.9. The number of piperidine rings is 1. The van der Waals surface area contributed by atoms with Gasteiger partial charge in [-0.3, -0.25) is 9.89 Å². The van der Waals surface area contributed by atoms with Gasteiger partial charge in [-0.25, -0.2) is 0 Å². The zero-order valence-corrected chi connectivity index (χ0v) is 16.8. The average molecular weight is 367 g/mol. The van der Waals surface area contributed by atoms with Gasteiger partial charge in [0, 0.05) is 39.3 Å². The minimum atomic E-state index is 0.181. The summed E-state index contributed by atoms with van der Waals surface area (Å²) in [6.07, 6.45) is 9.31. The molecule has 0 bridgehead atoms. The summed E-state index contributed by atoms with van der Waals surface area (Å²) in [4.78, 5) is 9.60. The summed E-state index contributed by atoms with van der Waals surface area (Å²) in [7, 11) is 1.90. The number of morpholine rings is 1. The van der Waals surface area contributed by atoms with E-state index in [0.717, 1.165) is 51.6 Å². The third-order valence-electron chi connectivity index (χ3n) is 6.03. The van der Waals surface area contributed by atoms with E-state index in [-0.39, 0.29) is 12.2 Å². The van der Waals surface area contributed by atoms with Gasteiger partial charge in [-0.2, -0.15) is 0 Å². The largest absolute Gasteiger partial charge is 0.375 e. The molecule has 1 N–H and O–H groups in total. The standard InChI is InChI=1S/C20H38N4O2/c1-3-4-10-23-11-6-5-8-17(23)15-22-20(21-2)24-12-14-26-19(16-24)18-9-7-13-25-18/h17-19H,3-16H2,1-2H3,(H,21,22). The van der Waals surface area contributed by atoms with Gasteiger partial charge in [-0.1, -0.05) is 19.8 Å². The number of hydrogen-bond acceptors (Lipinski definition) is 4. The minimum absolute atomic E-state index is 0.181. The number of unbranched alkanes of at least 4 members (excludes halogenated alkanes) is 1. The van der Waals surface area contributed by atoms with E-state index < -0.39 is 0 Å². The molecule has 3 saturated heterocycles. The van der Waals surface area contributed by atoms with Crippen molar-refractivity contribution in [3.8, 4) is 0 Å². The van der Waals surface area contributed by atoms with Crippen molar-refractivity contribution < 1.29 is 9.47 Å². The predicted molar refractivity (Wildman–Crippen MR) is 106 cm³/mol. The molecule has 0 amide bonds. The molecule has 3 fully saturated rings. The molecule has 0 saturated carbocycles. The van der Waals surface area contributed by atoms with Crippen molar-refractivity contribution in [3.63, 3.8) is 0 Å². The van der Waals surface area contributed by atoms with E-state index in [0.29, 0.717) is 6.04 Å². The molecule has 3 rings (SSSR count). The number of likely N-dealkylation sites (tertiary alicyclic amines) is 1. The Morgan fingerprint density at radius 3 is 2.73 bits per heavy atom. The lowest BCUT2D eigenvalue weighted by Gasteiger charge is -2.39. The van der Waals surface area contributed by atoms with Crippen molar-refractivity contribution in [1.29, 1.82) is 0 Å². The summed E-state index contributed by atoms with van der Waals surface area (Å²) in [6, 6.07) is 0.641. The molecule has 6 nitrogen and oxygen atoms in total. The first-order valence-electron chi connectivity index (χ1n) is 10.7. The zero-order valence-electron chi connectivity index (χ0n) is 16.8. The number of ether oxygens (including phenoxy) is 2. The molecule has 0 aromatic rings. The van der Waals surface area contributed by atoms with Crippen molar-refractivity contribution in [2.24, 2.45) is 4.99 Å². The van der Waals surface area contributed by atoms with Gasteiger partial charge in [0.05, 0.1) is 12.7 Å². The van der Waals surface area contributed by atoms with E-state index in [9.17, 15) is 0 Å². The molecule has 3 heterocycles. The number of nitrogens with one attached hydrogen (secondary N) is 1. The van der Waals surface area contributed by atoms with E-state index in [1.807, 2.05) is 7.05 Å². The summed E-state index contributed by atoms with van der Waals surface area (Å²) in [5.41, 5.74) is 0. The Hall–Kier alpha value is -0.850. The lowest BCUT2D eigenvalue weighted by Crippen LogP contribution is -2.55. The smallest absolute Gasteiger partial charge is 0.193 e. The Morgan fingerprint density at radius 1 is 1.08 bits per heavy atom. The Kier molecular flexibility index (Phi) is 8.02. The van der Waals surface area contributed by atoms with E-state index in [4.69, 9.17) is 9.47 Å². The summed E-state index contributed by atoms with van der Waals surface area (Å²) in [5.74, 6) is 1.03. The highest BCUT2D eigenvalue weighted by Crippen LogP contribution is 2.21. The molecule has 0 radical (unpaired) electrons. The van der Waals surface area contributed by atoms with Crippen LogP contribution < -0.4 is 5.32 Å². The van der Waals surface area contributed by atoms with Crippen LogP contribution in [0, 0.1) is 0 Å². The van der Waals surface area contributed by atoms with Gasteiger partial charge in [-0.05, 0) is 45.2 Å². The van der Waals surface area contributed by atoms with Crippen LogP contribution in [0.2, 0.25) is 0 Å². The van der Waals surface area contributed by atoms with Crippen molar-refractivity contribution in [2.75, 3.05) is 53.0 Å². The third-order valence-corrected chi connectivity index (χ3v) is 6.03. The third kappa shape index (κ3) is 5.33. The van der Waals surface area contributed by atoms with Crippen LogP contribution in [-0.2, 0) is 9.47 Å². The fourth-order valence-corrected chi connectivity index (χ4v) is 4.48. The molecule has 6 heteroatoms. The van der Waals surface area contributed by atoms with Crippen molar-refractivity contribution >= 4 is 5.96 Å². The number of nitrogens with zero attached hydrogens (tertiary/aromatic N) is 3. The lowest BCUT2D eigenvalue weighted by atomic mass is 10.0. The second-order valence-electron chi connectivity index (χ2n) is 7.87. The second kappa shape index (κ2) is 10.5. The Morgan fingerprint density at radius 2 is 1.96 bits per heavy atom. The fraction of sp³-hybridized carbons (Fsp3) is 0.950. The molecule has 0 aliphatic carbocycles. The second-order valence-corrected chi connectivity index (χ2v) is 7.87. The molecule has 3 aliphatic heterocycles. The van der Waals surface area contributed by atoms with Gasteiger partial charge in [0.15, 0.2) is 5.96 Å². The number of rotatable bonds is 6. The zero-order chi connectivity index (χ0) is 18.2. The van der Waals surface area contributed by atoms with Crippen LogP contribution in [0.1, 0.15) is 51.9 Å². The SMILES string of the molecule is CCCCN1CCCCC1CNC(=NC)N1CCOC(C2CCCO2)C1. The molecule has 150 valence electrons. The van der Waals surface area contributed by atoms with E-state index in [2.05, 4.69) is 27.0 Å². The molecule has 26 heavy (non-hydrogen) atoms. The van der Waals surface area contributed by atoms with Crippen molar-refractivity contribution in [2.45, 2.75) is 70.1 Å². The van der Waals surface area contributed by atoms with Gasteiger partial charge in [0.2, 0.25) is 0 Å². The van der Waals surface area contributed by atoms with E-state index in [1.165, 1.54) is 45.2 Å². The van der Waals surface area contributed by atoms with Gasteiger partial charge in [0.1, 0.15) is 6.10 Å². The molecule has 3 aliphatic rings. The maximum atomic E-state index is 5.98. The van der Waals surface area contributed by atoms with Gasteiger partial charge in [0.25, 0.3) is 0 Å². The molecule has 0 spiro atoms. The molecule has 0 aromatic carbocycles. The van der Waals surface area contributed by atoms with Crippen LogP contribution in [0.5, 0.6) is 0 Å². The Bertz CT molecular complexity index is 440. The molecule has 3 unspecified atom stereocenters. The Balaban J connectivity index is 1.50. The highest BCUT2D eigenvalue weighted by Gasteiger charge is 2.32. The maximum Gasteiger partial charge on any atom is 0.193 e. The monoisotopic (exact) mass is 366 g/mol. The van der Waals surface area contributed by atoms with Crippen LogP contribution >= 0.6 is 0 Å². The van der Waals surface area contributed by atoms with Crippen molar-refractivity contribution in [1.82, 2.24) is 15.1 Å². The van der Waals surface area contributed by atoms with Crippen LogP contribution in [0.15, 0.2) is 4.99 Å². The summed E-state index contributed by atoms with van der Waals surface area (Å²) in [5, 5.41) is 3.66. The fourth-order valence-electron chi connectivity index (χ4n) is 4.48. The minimum Gasteiger partial charge on any atom is -0.375 e. The van der Waals surface area contributed by atoms with Gasteiger partial charge < -0.3 is 19.7 Å². The highest BCUT2D eigenvalue weighted by molar-refractivity contribution is 5.80. The van der Waals surface area contributed by atoms with Gasteiger partial charge in [-0.15, -0.1) is 0 Å². The van der Waals surface area contributed by atoms with Gasteiger partial charge >= 0.3 is 0 Å². The topological polar surface area (TPSA) is 49.3 Å². The predicted octanol–water partition coefficient (Wildman–Crippen LogP) is 2.10. The summed E-state index contributed by atoms with van der Waals surface area (Å²) >= 11 is 0. The van der Waals surface area contributed by atoms with Crippen LogP contribution in [-0.4, -0.2) is 87.0 Å². The quantitative estimate of drug-likeness (QED) is 0.576. The summed E-state index contributed by atoms with van der Waals surface area (Å²) in [6.45, 7) is 9.20. The van der Waals surface area contributed by atoms with E-state index in [1.54, 1.807) is 0 Å². The summed E-state index contributed by atoms with van der Waals surface area (Å²) < 4.78 is 11.8. The molecule has 0 aromatic heterocycles. The highest BCUT2D eigenvalue weighted by atomic mass is 16.5. The Labute approximate surface area is 159 Å². The van der Waals surface area contributed by atoms with Crippen LogP contribution in [0.25, 0.3) is 0 Å². The average Bonchev–Trinajstić information content (AvgIpc) is 3.23. The lowest BCUT2D eigenvalue weighted by molar-refractivity contribution is -0.0817. The molecular formula is C20H38N4O2. The first-order valence-corrected chi connectivity index (χ1v) is 10.7. The number of guanidine groups is 1. The number of hydrogen-bond donors (Lipinski definition) is 1. The molecule has 3 atom stereocenters. The van der Waals surface area contributed by atoms with Crippen molar-refractivity contribution in [3.05, 3.63) is 0 Å². The van der Waals surface area contributed by atoms with Crippen LogP contribution in [0.4, 0.5) is 0 Å². The first-order chi connectivity index (χ1) is 12.8. The van der Waals surface area contributed by atoms with Crippen LogP contribution in [0.3, 0.4) is 0 Å². The van der Waals surface area contributed by atoms with E-state index >= 15 is 0 Å².